The number of fused-ring (bicyclic) bond motifs is 1. The first-order valence-corrected chi connectivity index (χ1v) is 14.2. The molecule has 2 aromatic heterocycles. The second-order valence-electron chi connectivity index (χ2n) is 10.4. The normalized spacial score (nSPS) is 18.8. The second kappa shape index (κ2) is 10.1. The largest absolute Gasteiger partial charge is 0.493 e. The van der Waals surface area contributed by atoms with Crippen LogP contribution in [-0.4, -0.2) is 49.2 Å². The molecule has 38 heavy (non-hydrogen) atoms. The van der Waals surface area contributed by atoms with Crippen LogP contribution in [0.2, 0.25) is 0 Å². The van der Waals surface area contributed by atoms with Crippen LogP contribution in [0.15, 0.2) is 50.2 Å². The number of piperidine rings is 1. The van der Waals surface area contributed by atoms with Crippen molar-refractivity contribution in [1.82, 2.24) is 14.4 Å². The lowest BCUT2D eigenvalue weighted by Gasteiger charge is -2.34. The Hall–Kier alpha value is -3.37. The molecule has 0 N–H and O–H groups in total. The van der Waals surface area contributed by atoms with Gasteiger partial charge < -0.3 is 18.4 Å². The summed E-state index contributed by atoms with van der Waals surface area (Å²) in [5, 5.41) is 4.82. The summed E-state index contributed by atoms with van der Waals surface area (Å²) in [7, 11) is -2.05. The van der Waals surface area contributed by atoms with Crippen LogP contribution in [0.25, 0.3) is 34.0 Å². The number of sulfonamides is 1. The molecular formula is C28H33N3O6S. The third-order valence-corrected chi connectivity index (χ3v) is 8.61. The van der Waals surface area contributed by atoms with Gasteiger partial charge in [-0.1, -0.05) is 19.0 Å². The molecule has 1 aliphatic rings. The predicted octanol–water partition coefficient (Wildman–Crippen LogP) is 5.92. The number of methoxy groups -OCH3 is 1. The van der Waals surface area contributed by atoms with E-state index >= 15 is 0 Å². The summed E-state index contributed by atoms with van der Waals surface area (Å²) in [4.78, 5) is 4.79. The molecular weight excluding hydrogens is 506 g/mol. The third-order valence-electron chi connectivity index (χ3n) is 6.79. The Kier molecular flexibility index (Phi) is 6.96. The highest BCUT2D eigenvalue weighted by atomic mass is 32.2. The Bertz CT molecular complexity index is 1560. The number of aryl methyl sites for hydroxylation is 1. The molecule has 5 rings (SSSR count). The maximum Gasteiger partial charge on any atom is 0.294 e. The predicted molar refractivity (Wildman–Crippen MR) is 144 cm³/mol. The quantitative estimate of drug-likeness (QED) is 0.285. The van der Waals surface area contributed by atoms with Crippen molar-refractivity contribution in [2.24, 2.45) is 11.8 Å². The van der Waals surface area contributed by atoms with Crippen LogP contribution in [0.1, 0.15) is 39.7 Å². The van der Waals surface area contributed by atoms with E-state index in [1.807, 2.05) is 32.9 Å². The van der Waals surface area contributed by atoms with Crippen molar-refractivity contribution in [3.05, 3.63) is 42.0 Å². The molecule has 202 valence electrons. The Morgan fingerprint density at radius 2 is 1.79 bits per heavy atom. The van der Waals surface area contributed by atoms with Gasteiger partial charge in [0, 0.05) is 29.6 Å². The van der Waals surface area contributed by atoms with Crippen molar-refractivity contribution in [2.45, 2.75) is 52.0 Å². The summed E-state index contributed by atoms with van der Waals surface area (Å²) in [6.07, 6.45) is 1.04. The highest BCUT2D eigenvalue weighted by Gasteiger charge is 2.32. The zero-order chi connectivity index (χ0) is 27.2. The van der Waals surface area contributed by atoms with Crippen molar-refractivity contribution in [3.63, 3.8) is 0 Å². The zero-order valence-corrected chi connectivity index (χ0v) is 23.3. The molecule has 0 spiro atoms. The summed E-state index contributed by atoms with van der Waals surface area (Å²) in [6.45, 7) is 11.0. The van der Waals surface area contributed by atoms with Crippen molar-refractivity contribution >= 4 is 21.0 Å². The van der Waals surface area contributed by atoms with E-state index in [1.54, 1.807) is 35.7 Å². The van der Waals surface area contributed by atoms with Crippen LogP contribution >= 0.6 is 0 Å². The molecule has 2 aromatic carbocycles. The van der Waals surface area contributed by atoms with Crippen molar-refractivity contribution < 1.29 is 26.8 Å². The van der Waals surface area contributed by atoms with Gasteiger partial charge in [0.2, 0.25) is 15.8 Å². The van der Waals surface area contributed by atoms with E-state index in [1.165, 1.54) is 0 Å². The summed E-state index contributed by atoms with van der Waals surface area (Å²) < 4.78 is 51.3. The molecule has 1 saturated heterocycles. The lowest BCUT2D eigenvalue weighted by molar-refractivity contribution is 0.222. The van der Waals surface area contributed by atoms with Gasteiger partial charge in [0.05, 0.1) is 18.1 Å². The Labute approximate surface area is 222 Å². The molecule has 0 saturated carbocycles. The van der Waals surface area contributed by atoms with E-state index in [0.717, 1.165) is 12.0 Å². The van der Waals surface area contributed by atoms with Gasteiger partial charge in [-0.05, 0) is 75.4 Å². The smallest absolute Gasteiger partial charge is 0.294 e. The zero-order valence-electron chi connectivity index (χ0n) is 22.5. The van der Waals surface area contributed by atoms with Gasteiger partial charge in [0.25, 0.3) is 5.89 Å². The average molecular weight is 540 g/mol. The average Bonchev–Trinajstić information content (AvgIpc) is 3.48. The molecule has 9 nitrogen and oxygen atoms in total. The maximum atomic E-state index is 13.4. The van der Waals surface area contributed by atoms with E-state index in [-0.39, 0.29) is 16.9 Å². The fourth-order valence-electron chi connectivity index (χ4n) is 5.11. The lowest BCUT2D eigenvalue weighted by atomic mass is 9.94. The van der Waals surface area contributed by atoms with E-state index < -0.39 is 10.0 Å². The molecule has 0 aliphatic carbocycles. The van der Waals surface area contributed by atoms with Crippen LogP contribution in [0, 0.1) is 18.8 Å². The molecule has 0 bridgehead atoms. The first-order chi connectivity index (χ1) is 18.1. The molecule has 1 aliphatic heterocycles. The number of aromatic nitrogens is 2. The second-order valence-corrected chi connectivity index (χ2v) is 12.4. The topological polar surface area (TPSA) is 108 Å². The minimum atomic E-state index is -3.62. The Morgan fingerprint density at radius 1 is 1.05 bits per heavy atom. The lowest BCUT2D eigenvalue weighted by Crippen LogP contribution is -2.42. The highest BCUT2D eigenvalue weighted by molar-refractivity contribution is 7.89. The number of furan rings is 1. The van der Waals surface area contributed by atoms with E-state index in [9.17, 15) is 8.42 Å². The Morgan fingerprint density at radius 3 is 2.47 bits per heavy atom. The molecule has 10 heteroatoms. The van der Waals surface area contributed by atoms with Gasteiger partial charge in [-0.15, -0.1) is 0 Å². The van der Waals surface area contributed by atoms with Crippen LogP contribution < -0.4 is 9.47 Å². The molecule has 2 atom stereocenters. The summed E-state index contributed by atoms with van der Waals surface area (Å²) >= 11 is 0. The molecule has 3 heterocycles. The molecule has 4 aromatic rings. The van der Waals surface area contributed by atoms with E-state index in [0.29, 0.717) is 64.5 Å². The standard InChI is InChI=1S/C28H33N3O6S/c1-16(2)35-24-9-7-20(12-25(24)34-6)27-29-28(37-30-27)26-19(5)22-13-21(8-10-23(22)36-26)38(32,33)31-14-17(3)11-18(4)15-31/h7-10,12-13,16-18H,11,14-15H2,1-6H3/t17-,18-/m0/s1. The van der Waals surface area contributed by atoms with E-state index in [2.05, 4.69) is 24.0 Å². The number of hydrogen-bond acceptors (Lipinski definition) is 8. The van der Waals surface area contributed by atoms with Crippen LogP contribution in [0.4, 0.5) is 0 Å². The van der Waals surface area contributed by atoms with Gasteiger partial charge >= 0.3 is 0 Å². The van der Waals surface area contributed by atoms with Crippen molar-refractivity contribution in [3.8, 4) is 34.5 Å². The molecule has 1 fully saturated rings. The van der Waals surface area contributed by atoms with Gasteiger partial charge in [-0.3, -0.25) is 0 Å². The van der Waals surface area contributed by atoms with Crippen molar-refractivity contribution in [2.75, 3.05) is 20.2 Å². The fourth-order valence-corrected chi connectivity index (χ4v) is 6.81. The number of nitrogens with zero attached hydrogens (tertiary/aromatic N) is 3. The molecule has 0 amide bonds. The minimum absolute atomic E-state index is 0.00469. The van der Waals surface area contributed by atoms with Crippen LogP contribution in [-0.2, 0) is 10.0 Å². The fraction of sp³-hybridized carbons (Fsp3) is 0.429. The summed E-state index contributed by atoms with van der Waals surface area (Å²) in [6, 6.07) is 10.4. The monoisotopic (exact) mass is 539 g/mol. The van der Waals surface area contributed by atoms with E-state index in [4.69, 9.17) is 18.4 Å². The van der Waals surface area contributed by atoms with Gasteiger partial charge in [-0.25, -0.2) is 8.42 Å². The molecule has 0 unspecified atom stereocenters. The SMILES string of the molecule is COc1cc(-c2noc(-c3oc4ccc(S(=O)(=O)N5C[C@@H](C)C[C@H](C)C5)cc4c3C)n2)ccc1OC(C)C. The van der Waals surface area contributed by atoms with Crippen molar-refractivity contribution in [1.29, 1.82) is 0 Å². The number of rotatable bonds is 7. The summed E-state index contributed by atoms with van der Waals surface area (Å²) in [5.41, 5.74) is 1.97. The van der Waals surface area contributed by atoms with Crippen LogP contribution in [0.5, 0.6) is 11.5 Å². The minimum Gasteiger partial charge on any atom is -0.493 e. The van der Waals surface area contributed by atoms with Gasteiger partial charge in [0.15, 0.2) is 17.3 Å². The maximum absolute atomic E-state index is 13.4. The van der Waals surface area contributed by atoms with Crippen LogP contribution in [0.3, 0.4) is 0 Å². The highest BCUT2D eigenvalue weighted by Crippen LogP contribution is 2.37. The van der Waals surface area contributed by atoms with Gasteiger partial charge in [0.1, 0.15) is 5.58 Å². The summed E-state index contributed by atoms with van der Waals surface area (Å²) in [5.74, 6) is 2.82. The molecule has 0 radical (unpaired) electrons. The first-order valence-electron chi connectivity index (χ1n) is 12.8. The first kappa shape index (κ1) is 26.2. The number of ether oxygens (including phenoxy) is 2. The third kappa shape index (κ3) is 4.90. The number of benzene rings is 2. The number of hydrogen-bond donors (Lipinski definition) is 0. The Balaban J connectivity index is 1.46. The van der Waals surface area contributed by atoms with Gasteiger partial charge in [-0.2, -0.15) is 9.29 Å².